The number of benzene rings is 3. The monoisotopic (exact) mass is 524 g/mol. The predicted octanol–water partition coefficient (Wildman–Crippen LogP) is 7.46. The Morgan fingerprint density at radius 2 is 1.83 bits per heavy atom. The van der Waals surface area contributed by atoms with Gasteiger partial charge in [0.15, 0.2) is 5.50 Å². The van der Waals surface area contributed by atoms with Gasteiger partial charge in [-0.1, -0.05) is 72.2 Å². The molecule has 1 aliphatic heterocycles. The minimum absolute atomic E-state index is 0.0945. The molecule has 0 aliphatic carbocycles. The first-order chi connectivity index (χ1) is 16.9. The number of amides is 1. The van der Waals surface area contributed by atoms with Crippen LogP contribution >= 0.6 is 35.0 Å². The van der Waals surface area contributed by atoms with Crippen LogP contribution in [0.4, 0.5) is 5.69 Å². The fraction of sp³-hybridized carbons (Fsp3) is 0.179. The van der Waals surface area contributed by atoms with Crippen LogP contribution in [0, 0.1) is 0 Å². The maximum atomic E-state index is 12.6. The molecular weight excluding hydrogens is 499 g/mol. The third-order valence-corrected chi connectivity index (χ3v) is 7.28. The summed E-state index contributed by atoms with van der Waals surface area (Å²) in [6, 6.07) is 19.6. The second kappa shape index (κ2) is 11.7. The number of aryl methyl sites for hydroxylation is 1. The van der Waals surface area contributed by atoms with Crippen LogP contribution in [-0.2, 0) is 24.2 Å². The van der Waals surface area contributed by atoms with Crippen LogP contribution in [0.5, 0.6) is 5.75 Å². The largest absolute Gasteiger partial charge is 0.489 e. The lowest BCUT2D eigenvalue weighted by molar-refractivity contribution is -0.116. The standard InChI is InChI=1S/C28H26Cl2N2O2S/c1-3-5-21-14-19(9-13-25(21)34-17-20-8-12-23(29)24(30)15-20)16-26-27(33)32-28(35-26)31-22-10-6-18(4-2)7-11-22/h3,6-16,28,31H,1,4-5,17H2,2H3,(H,32,33)/b26-16-/t28-/m1/s1. The molecule has 1 amide bonds. The second-order valence-corrected chi connectivity index (χ2v) is 10.0. The van der Waals surface area contributed by atoms with Crippen LogP contribution in [0.3, 0.4) is 0 Å². The number of carbonyl (C=O) groups excluding carboxylic acids is 1. The number of halogens is 2. The molecule has 1 heterocycles. The van der Waals surface area contributed by atoms with Gasteiger partial charge < -0.3 is 15.4 Å². The van der Waals surface area contributed by atoms with Crippen LogP contribution in [0.1, 0.15) is 29.2 Å². The van der Waals surface area contributed by atoms with Gasteiger partial charge in [0.1, 0.15) is 12.4 Å². The predicted molar refractivity (Wildman–Crippen MR) is 148 cm³/mol. The smallest absolute Gasteiger partial charge is 0.260 e. The van der Waals surface area contributed by atoms with Gasteiger partial charge in [-0.3, -0.25) is 4.79 Å². The van der Waals surface area contributed by atoms with Gasteiger partial charge in [-0.15, -0.1) is 6.58 Å². The highest BCUT2D eigenvalue weighted by molar-refractivity contribution is 8.05. The summed E-state index contributed by atoms with van der Waals surface area (Å²) in [4.78, 5) is 13.2. The molecule has 7 heteroatoms. The Labute approximate surface area is 220 Å². The summed E-state index contributed by atoms with van der Waals surface area (Å²) in [5.74, 6) is 0.666. The third-order valence-electron chi connectivity index (χ3n) is 5.52. The number of rotatable bonds is 9. The zero-order valence-corrected chi connectivity index (χ0v) is 21.6. The average molecular weight is 526 g/mol. The highest BCUT2D eigenvalue weighted by Crippen LogP contribution is 2.32. The fourth-order valence-electron chi connectivity index (χ4n) is 3.64. The molecular formula is C28H26Cl2N2O2S. The quantitative estimate of drug-likeness (QED) is 0.225. The normalized spacial score (nSPS) is 16.3. The van der Waals surface area contributed by atoms with Gasteiger partial charge in [0.25, 0.3) is 5.91 Å². The van der Waals surface area contributed by atoms with Gasteiger partial charge in [0, 0.05) is 5.69 Å². The summed E-state index contributed by atoms with van der Waals surface area (Å²) in [5, 5.41) is 7.35. The molecule has 1 fully saturated rings. The molecule has 3 aromatic carbocycles. The van der Waals surface area contributed by atoms with Crippen LogP contribution in [0.25, 0.3) is 6.08 Å². The minimum Gasteiger partial charge on any atom is -0.489 e. The van der Waals surface area contributed by atoms with Crippen molar-refractivity contribution < 1.29 is 9.53 Å². The first kappa shape index (κ1) is 25.2. The van der Waals surface area contributed by atoms with Gasteiger partial charge in [0.2, 0.25) is 0 Å². The Kier molecular flexibility index (Phi) is 8.45. The van der Waals surface area contributed by atoms with E-state index >= 15 is 0 Å². The summed E-state index contributed by atoms with van der Waals surface area (Å²) in [6.45, 7) is 6.36. The van der Waals surface area contributed by atoms with Crippen molar-refractivity contribution in [3.63, 3.8) is 0 Å². The van der Waals surface area contributed by atoms with E-state index in [0.717, 1.165) is 34.5 Å². The van der Waals surface area contributed by atoms with E-state index in [9.17, 15) is 4.79 Å². The number of ether oxygens (including phenoxy) is 1. The summed E-state index contributed by atoms with van der Waals surface area (Å²) < 4.78 is 6.05. The third kappa shape index (κ3) is 6.63. The topological polar surface area (TPSA) is 50.4 Å². The van der Waals surface area contributed by atoms with Crippen molar-refractivity contribution in [1.82, 2.24) is 5.32 Å². The van der Waals surface area contributed by atoms with E-state index in [4.69, 9.17) is 27.9 Å². The van der Waals surface area contributed by atoms with Crippen LogP contribution in [0.2, 0.25) is 10.0 Å². The Morgan fingerprint density at radius 3 is 2.54 bits per heavy atom. The van der Waals surface area contributed by atoms with Crippen molar-refractivity contribution in [1.29, 1.82) is 0 Å². The number of nitrogens with one attached hydrogen (secondary N) is 2. The maximum absolute atomic E-state index is 12.6. The highest BCUT2D eigenvalue weighted by Gasteiger charge is 2.27. The van der Waals surface area contributed by atoms with E-state index in [-0.39, 0.29) is 11.4 Å². The van der Waals surface area contributed by atoms with E-state index in [2.05, 4.69) is 36.3 Å². The van der Waals surface area contributed by atoms with E-state index in [1.54, 1.807) is 12.1 Å². The van der Waals surface area contributed by atoms with Crippen molar-refractivity contribution >= 4 is 52.6 Å². The first-order valence-corrected chi connectivity index (χ1v) is 12.9. The van der Waals surface area contributed by atoms with Gasteiger partial charge in [-0.25, -0.2) is 0 Å². The lowest BCUT2D eigenvalue weighted by atomic mass is 10.1. The van der Waals surface area contributed by atoms with Crippen molar-refractivity contribution in [2.45, 2.75) is 31.9 Å². The first-order valence-electron chi connectivity index (χ1n) is 11.3. The molecule has 0 saturated carbocycles. The Morgan fingerprint density at radius 1 is 1.06 bits per heavy atom. The summed E-state index contributed by atoms with van der Waals surface area (Å²) in [6.07, 6.45) is 5.37. The molecule has 2 N–H and O–H groups in total. The molecule has 3 aromatic rings. The average Bonchev–Trinajstić information content (AvgIpc) is 3.19. The number of anilines is 1. The number of carbonyl (C=O) groups is 1. The van der Waals surface area contributed by atoms with Gasteiger partial charge in [-0.05, 0) is 77.6 Å². The van der Waals surface area contributed by atoms with Crippen molar-refractivity contribution in [3.8, 4) is 5.75 Å². The van der Waals surface area contributed by atoms with Crippen molar-refractivity contribution in [2.75, 3.05) is 5.32 Å². The lowest BCUT2D eigenvalue weighted by Crippen LogP contribution is -2.30. The zero-order chi connectivity index (χ0) is 24.8. The Bertz CT molecular complexity index is 1260. The molecule has 1 atom stereocenters. The second-order valence-electron chi connectivity index (χ2n) is 8.07. The molecule has 180 valence electrons. The van der Waals surface area contributed by atoms with E-state index in [1.165, 1.54) is 17.3 Å². The van der Waals surface area contributed by atoms with E-state index < -0.39 is 0 Å². The molecule has 1 saturated heterocycles. The Balaban J connectivity index is 1.45. The molecule has 0 aromatic heterocycles. The number of hydrogen-bond acceptors (Lipinski definition) is 4. The molecule has 0 bridgehead atoms. The molecule has 0 spiro atoms. The lowest BCUT2D eigenvalue weighted by Gasteiger charge is -2.13. The number of thioether (sulfide) groups is 1. The number of hydrogen-bond donors (Lipinski definition) is 2. The SMILES string of the molecule is C=CCc1cc(/C=C2\S[C@H](Nc3ccc(CC)cc3)NC2=O)ccc1OCc1ccc(Cl)c(Cl)c1. The van der Waals surface area contributed by atoms with Gasteiger partial charge >= 0.3 is 0 Å². The summed E-state index contributed by atoms with van der Waals surface area (Å²) >= 11 is 13.6. The molecule has 1 aliphatic rings. The fourth-order valence-corrected chi connectivity index (χ4v) is 4.95. The minimum atomic E-state index is -0.220. The Hall–Kier alpha value is -2.86. The maximum Gasteiger partial charge on any atom is 0.260 e. The molecule has 0 unspecified atom stereocenters. The van der Waals surface area contributed by atoms with Crippen molar-refractivity contribution in [2.24, 2.45) is 0 Å². The molecule has 4 rings (SSSR count). The molecule has 35 heavy (non-hydrogen) atoms. The van der Waals surface area contributed by atoms with Crippen LogP contribution in [-0.4, -0.2) is 11.4 Å². The van der Waals surface area contributed by atoms with Crippen molar-refractivity contribution in [3.05, 3.63) is 111 Å². The van der Waals surface area contributed by atoms with Gasteiger partial charge in [0.05, 0.1) is 15.0 Å². The van der Waals surface area contributed by atoms with Crippen LogP contribution in [0.15, 0.2) is 78.2 Å². The zero-order valence-electron chi connectivity index (χ0n) is 19.3. The van der Waals surface area contributed by atoms with E-state index in [1.807, 2.05) is 48.6 Å². The number of allylic oxidation sites excluding steroid dienone is 1. The summed E-state index contributed by atoms with van der Waals surface area (Å²) in [7, 11) is 0. The van der Waals surface area contributed by atoms with Gasteiger partial charge in [-0.2, -0.15) is 0 Å². The molecule has 0 radical (unpaired) electrons. The van der Waals surface area contributed by atoms with E-state index in [0.29, 0.717) is 28.0 Å². The highest BCUT2D eigenvalue weighted by atomic mass is 35.5. The molecule has 4 nitrogen and oxygen atoms in total. The summed E-state index contributed by atoms with van der Waals surface area (Å²) in [5.41, 5.74) is 4.87. The van der Waals surface area contributed by atoms with Crippen LogP contribution < -0.4 is 15.4 Å².